The average Bonchev–Trinajstić information content (AvgIpc) is 2.68. The third-order valence-electron chi connectivity index (χ3n) is 4.90. The smallest absolute Gasteiger partial charge is 0.240 e. The van der Waals surface area contributed by atoms with Gasteiger partial charge in [-0.25, -0.2) is 0 Å². The molecule has 2 rings (SSSR count). The van der Waals surface area contributed by atoms with Crippen molar-refractivity contribution in [3.63, 3.8) is 0 Å². The number of amides is 3. The average molecular weight is 330 g/mol. The van der Waals surface area contributed by atoms with Crippen LogP contribution >= 0.6 is 0 Å². The second-order valence-electron chi connectivity index (χ2n) is 6.82. The summed E-state index contributed by atoms with van der Waals surface area (Å²) in [5.74, 6) is -1.49. The van der Waals surface area contributed by atoms with Crippen molar-refractivity contribution in [3.05, 3.63) is 34.4 Å². The number of rotatable bonds is 5. The van der Waals surface area contributed by atoms with Crippen LogP contribution in [-0.2, 0) is 20.8 Å². The molecule has 0 saturated carbocycles. The number of carbonyl (C=O) groups is 3. The number of nitrogens with one attached hydrogen (secondary N) is 1. The van der Waals surface area contributed by atoms with Crippen molar-refractivity contribution in [3.8, 4) is 0 Å². The molecule has 0 aromatic heterocycles. The Balaban J connectivity index is 1.89. The van der Waals surface area contributed by atoms with Crippen molar-refractivity contribution < 1.29 is 14.4 Å². The van der Waals surface area contributed by atoms with E-state index in [0.29, 0.717) is 6.54 Å². The number of hydrogen-bond donors (Lipinski definition) is 1. The van der Waals surface area contributed by atoms with Gasteiger partial charge in [0, 0.05) is 18.4 Å². The van der Waals surface area contributed by atoms with E-state index in [2.05, 4.69) is 38.2 Å². The van der Waals surface area contributed by atoms with Crippen LogP contribution < -0.4 is 5.32 Å². The molecule has 3 amide bonds. The van der Waals surface area contributed by atoms with E-state index in [-0.39, 0.29) is 36.1 Å². The zero-order valence-electron chi connectivity index (χ0n) is 15.1. The first kappa shape index (κ1) is 18.2. The summed E-state index contributed by atoms with van der Waals surface area (Å²) in [6, 6.07) is 4.27. The summed E-state index contributed by atoms with van der Waals surface area (Å²) in [7, 11) is 0. The Morgan fingerprint density at radius 3 is 2.04 bits per heavy atom. The number of imide groups is 1. The molecule has 130 valence electrons. The molecule has 1 N–H and O–H groups in total. The molecule has 1 fully saturated rings. The molecule has 24 heavy (non-hydrogen) atoms. The Kier molecular flexibility index (Phi) is 5.42. The largest absolute Gasteiger partial charge is 0.354 e. The second-order valence-corrected chi connectivity index (χ2v) is 6.82. The highest BCUT2D eigenvalue weighted by Crippen LogP contribution is 2.24. The van der Waals surface area contributed by atoms with Crippen molar-refractivity contribution in [2.24, 2.45) is 11.8 Å². The van der Waals surface area contributed by atoms with Crippen LogP contribution in [-0.4, -0.2) is 35.7 Å². The van der Waals surface area contributed by atoms with Crippen molar-refractivity contribution >= 4 is 17.7 Å². The monoisotopic (exact) mass is 330 g/mol. The number of aryl methyl sites for hydroxylation is 3. The lowest BCUT2D eigenvalue weighted by Crippen LogP contribution is -2.41. The van der Waals surface area contributed by atoms with E-state index in [1.165, 1.54) is 22.3 Å². The molecule has 1 aliphatic rings. The lowest BCUT2D eigenvalue weighted by Gasteiger charge is -2.15. The minimum atomic E-state index is -0.344. The first-order chi connectivity index (χ1) is 11.2. The summed E-state index contributed by atoms with van der Waals surface area (Å²) in [4.78, 5) is 37.1. The van der Waals surface area contributed by atoms with Gasteiger partial charge in [0.25, 0.3) is 0 Å². The predicted octanol–water partition coefficient (Wildman–Crippen LogP) is 1.91. The van der Waals surface area contributed by atoms with Gasteiger partial charge in [0.15, 0.2) is 0 Å². The second kappa shape index (κ2) is 7.16. The minimum absolute atomic E-state index is 0.182. The van der Waals surface area contributed by atoms with Crippen LogP contribution in [0.15, 0.2) is 12.1 Å². The van der Waals surface area contributed by atoms with Gasteiger partial charge in [-0.15, -0.1) is 0 Å². The van der Waals surface area contributed by atoms with Crippen molar-refractivity contribution in [2.75, 3.05) is 13.1 Å². The molecular formula is C19H26N2O3. The first-order valence-corrected chi connectivity index (χ1v) is 8.41. The topological polar surface area (TPSA) is 66.5 Å². The molecule has 0 spiro atoms. The van der Waals surface area contributed by atoms with E-state index < -0.39 is 0 Å². The fourth-order valence-electron chi connectivity index (χ4n) is 3.31. The zero-order valence-corrected chi connectivity index (χ0v) is 15.1. The molecule has 0 aliphatic carbocycles. The maximum atomic E-state index is 12.1. The highest BCUT2D eigenvalue weighted by molar-refractivity contribution is 6.06. The number of carbonyl (C=O) groups excluding carboxylic acids is 3. The van der Waals surface area contributed by atoms with E-state index in [9.17, 15) is 14.4 Å². The normalized spacial score (nSPS) is 20.6. The SMILES string of the molecule is Cc1cc(C)c(CCNC(=O)CN2C(=O)[C@@H](C)[C@H](C)C2=O)c(C)c1. The van der Waals surface area contributed by atoms with E-state index in [1.54, 1.807) is 13.8 Å². The van der Waals surface area contributed by atoms with E-state index in [4.69, 9.17) is 0 Å². The van der Waals surface area contributed by atoms with Crippen LogP contribution in [0.25, 0.3) is 0 Å². The van der Waals surface area contributed by atoms with Crippen LogP contribution in [0.3, 0.4) is 0 Å². The summed E-state index contributed by atoms with van der Waals surface area (Å²) in [5, 5.41) is 2.81. The Labute approximate surface area is 143 Å². The van der Waals surface area contributed by atoms with Gasteiger partial charge < -0.3 is 5.32 Å². The van der Waals surface area contributed by atoms with Crippen molar-refractivity contribution in [1.29, 1.82) is 0 Å². The molecule has 1 aliphatic heterocycles. The molecule has 1 aromatic carbocycles. The number of nitrogens with zero attached hydrogens (tertiary/aromatic N) is 1. The summed E-state index contributed by atoms with van der Waals surface area (Å²) < 4.78 is 0. The summed E-state index contributed by atoms with van der Waals surface area (Å²) in [5.41, 5.74) is 4.90. The van der Waals surface area contributed by atoms with E-state index >= 15 is 0 Å². The molecule has 1 heterocycles. The van der Waals surface area contributed by atoms with Crippen molar-refractivity contribution in [1.82, 2.24) is 10.2 Å². The summed E-state index contributed by atoms with van der Waals surface area (Å²) in [6.45, 7) is 9.97. The molecule has 5 nitrogen and oxygen atoms in total. The van der Waals surface area contributed by atoms with Gasteiger partial charge in [-0.1, -0.05) is 31.5 Å². The highest BCUT2D eigenvalue weighted by atomic mass is 16.2. The maximum Gasteiger partial charge on any atom is 0.240 e. The molecule has 0 radical (unpaired) electrons. The molecule has 5 heteroatoms. The van der Waals surface area contributed by atoms with Crippen LogP contribution in [0.4, 0.5) is 0 Å². The summed E-state index contributed by atoms with van der Waals surface area (Å²) >= 11 is 0. The van der Waals surface area contributed by atoms with Gasteiger partial charge in [-0.3, -0.25) is 19.3 Å². The fourth-order valence-corrected chi connectivity index (χ4v) is 3.31. The van der Waals surface area contributed by atoms with Crippen molar-refractivity contribution in [2.45, 2.75) is 41.0 Å². The van der Waals surface area contributed by atoms with Crippen LogP contribution in [0, 0.1) is 32.6 Å². The molecule has 0 unspecified atom stereocenters. The van der Waals surface area contributed by atoms with Gasteiger partial charge in [-0.05, 0) is 43.9 Å². The minimum Gasteiger partial charge on any atom is -0.354 e. The lowest BCUT2D eigenvalue weighted by atomic mass is 9.97. The molecule has 1 aromatic rings. The molecule has 2 atom stereocenters. The quantitative estimate of drug-likeness (QED) is 0.839. The Hall–Kier alpha value is -2.17. The van der Waals surface area contributed by atoms with Gasteiger partial charge in [-0.2, -0.15) is 0 Å². The van der Waals surface area contributed by atoms with Crippen LogP contribution in [0.2, 0.25) is 0 Å². The van der Waals surface area contributed by atoms with Gasteiger partial charge >= 0.3 is 0 Å². The molecule has 0 bridgehead atoms. The predicted molar refractivity (Wildman–Crippen MR) is 92.4 cm³/mol. The third kappa shape index (κ3) is 3.66. The van der Waals surface area contributed by atoms with Crippen LogP contribution in [0.1, 0.15) is 36.1 Å². The molecule has 1 saturated heterocycles. The summed E-state index contributed by atoms with van der Waals surface area (Å²) in [6.07, 6.45) is 0.735. The van der Waals surface area contributed by atoms with Crippen LogP contribution in [0.5, 0.6) is 0 Å². The van der Waals surface area contributed by atoms with E-state index in [0.717, 1.165) is 11.3 Å². The number of benzene rings is 1. The zero-order chi connectivity index (χ0) is 18.0. The van der Waals surface area contributed by atoms with Gasteiger partial charge in [0.1, 0.15) is 6.54 Å². The third-order valence-corrected chi connectivity index (χ3v) is 4.90. The number of hydrogen-bond acceptors (Lipinski definition) is 3. The van der Waals surface area contributed by atoms with E-state index in [1.807, 2.05) is 0 Å². The molecular weight excluding hydrogens is 304 g/mol. The highest BCUT2D eigenvalue weighted by Gasteiger charge is 2.42. The maximum absolute atomic E-state index is 12.1. The van der Waals surface area contributed by atoms with Gasteiger partial charge in [0.2, 0.25) is 17.7 Å². The Morgan fingerprint density at radius 2 is 1.54 bits per heavy atom. The lowest BCUT2D eigenvalue weighted by molar-refractivity contribution is -0.143. The standard InChI is InChI=1S/C19H26N2O3/c1-11-8-12(2)16(13(3)9-11)6-7-20-17(22)10-21-18(23)14(4)15(5)19(21)24/h8-9,14-15H,6-7,10H2,1-5H3,(H,20,22)/t14-,15-/m0/s1. The Morgan fingerprint density at radius 1 is 1.04 bits per heavy atom. The fraction of sp³-hybridized carbons (Fsp3) is 0.526. The Bertz CT molecular complexity index is 638. The number of likely N-dealkylation sites (tertiary alicyclic amines) is 1. The first-order valence-electron chi connectivity index (χ1n) is 8.41. The van der Waals surface area contributed by atoms with Gasteiger partial charge in [0.05, 0.1) is 0 Å².